The fourth-order valence-electron chi connectivity index (χ4n) is 1.48. The van der Waals surface area contributed by atoms with Gasteiger partial charge in [-0.05, 0) is 30.5 Å². The van der Waals surface area contributed by atoms with E-state index in [1.54, 1.807) is 19.2 Å². The largest absolute Gasteiger partial charge is 0.393 e. The lowest BCUT2D eigenvalue weighted by Crippen LogP contribution is -2.13. The van der Waals surface area contributed by atoms with Crippen molar-refractivity contribution in [3.05, 3.63) is 35.7 Å². The Morgan fingerprint density at radius 3 is 2.57 bits per heavy atom. The number of rotatable bonds is 3. The predicted octanol–water partition coefficient (Wildman–Crippen LogP) is 2.52. The first-order valence-electron chi connectivity index (χ1n) is 4.83. The SMILES string of the molecule is C=Cc1cncc(C(C)C(C)O)c1C. The monoisotopic (exact) mass is 191 g/mol. The van der Waals surface area contributed by atoms with Crippen LogP contribution in [-0.4, -0.2) is 16.2 Å². The highest BCUT2D eigenvalue weighted by molar-refractivity contribution is 5.52. The molecule has 14 heavy (non-hydrogen) atoms. The summed E-state index contributed by atoms with van der Waals surface area (Å²) in [5.74, 6) is 0.113. The molecule has 0 saturated heterocycles. The molecule has 2 atom stereocenters. The molecule has 2 nitrogen and oxygen atoms in total. The Morgan fingerprint density at radius 2 is 2.07 bits per heavy atom. The molecular formula is C12H17NO. The predicted molar refractivity (Wildman–Crippen MR) is 59.2 cm³/mol. The molecule has 1 N–H and O–H groups in total. The van der Waals surface area contributed by atoms with Crippen molar-refractivity contribution >= 4 is 6.08 Å². The summed E-state index contributed by atoms with van der Waals surface area (Å²) in [5.41, 5.74) is 3.29. The van der Waals surface area contributed by atoms with Crippen LogP contribution in [0.5, 0.6) is 0 Å². The molecule has 76 valence electrons. The first-order chi connectivity index (χ1) is 6.57. The van der Waals surface area contributed by atoms with Gasteiger partial charge in [-0.3, -0.25) is 4.98 Å². The topological polar surface area (TPSA) is 33.1 Å². The van der Waals surface area contributed by atoms with Crippen molar-refractivity contribution in [2.24, 2.45) is 0 Å². The summed E-state index contributed by atoms with van der Waals surface area (Å²) in [6.07, 6.45) is 5.05. The maximum Gasteiger partial charge on any atom is 0.0578 e. The molecule has 0 aliphatic rings. The summed E-state index contributed by atoms with van der Waals surface area (Å²) >= 11 is 0. The Labute approximate surface area is 85.3 Å². The number of aliphatic hydroxyl groups is 1. The van der Waals surface area contributed by atoms with E-state index in [1.165, 1.54) is 0 Å². The molecule has 0 fully saturated rings. The zero-order valence-electron chi connectivity index (χ0n) is 8.99. The Kier molecular flexibility index (Phi) is 3.42. The molecule has 0 aliphatic carbocycles. The second kappa shape index (κ2) is 4.38. The molecule has 0 amide bonds. The highest BCUT2D eigenvalue weighted by atomic mass is 16.3. The van der Waals surface area contributed by atoms with E-state index < -0.39 is 0 Å². The average Bonchev–Trinajstić information content (AvgIpc) is 2.17. The summed E-state index contributed by atoms with van der Waals surface area (Å²) in [4.78, 5) is 4.14. The Morgan fingerprint density at radius 1 is 1.43 bits per heavy atom. The number of pyridine rings is 1. The Balaban J connectivity index is 3.15. The van der Waals surface area contributed by atoms with Crippen LogP contribution in [-0.2, 0) is 0 Å². The van der Waals surface area contributed by atoms with E-state index in [0.29, 0.717) is 0 Å². The quantitative estimate of drug-likeness (QED) is 0.796. The molecule has 2 heteroatoms. The van der Waals surface area contributed by atoms with Gasteiger partial charge in [0, 0.05) is 18.3 Å². The van der Waals surface area contributed by atoms with Gasteiger partial charge in [-0.25, -0.2) is 0 Å². The fraction of sp³-hybridized carbons (Fsp3) is 0.417. The molecule has 0 bridgehead atoms. The van der Waals surface area contributed by atoms with Crippen LogP contribution in [0.1, 0.15) is 36.5 Å². The lowest BCUT2D eigenvalue weighted by Gasteiger charge is -2.17. The minimum Gasteiger partial charge on any atom is -0.393 e. The number of aliphatic hydroxyl groups excluding tert-OH is 1. The van der Waals surface area contributed by atoms with E-state index >= 15 is 0 Å². The summed E-state index contributed by atoms with van der Waals surface area (Å²) in [5, 5.41) is 9.51. The number of aromatic nitrogens is 1. The van der Waals surface area contributed by atoms with E-state index in [1.807, 2.05) is 20.0 Å². The van der Waals surface area contributed by atoms with Gasteiger partial charge < -0.3 is 5.11 Å². The van der Waals surface area contributed by atoms with Crippen molar-refractivity contribution in [1.29, 1.82) is 0 Å². The van der Waals surface area contributed by atoms with Gasteiger partial charge in [-0.2, -0.15) is 0 Å². The molecule has 0 aliphatic heterocycles. The van der Waals surface area contributed by atoms with Crippen molar-refractivity contribution in [3.8, 4) is 0 Å². The van der Waals surface area contributed by atoms with Gasteiger partial charge in [0.25, 0.3) is 0 Å². The summed E-state index contributed by atoms with van der Waals surface area (Å²) in [6.45, 7) is 9.57. The van der Waals surface area contributed by atoms with E-state index in [0.717, 1.165) is 16.7 Å². The maximum absolute atomic E-state index is 9.51. The highest BCUT2D eigenvalue weighted by Crippen LogP contribution is 2.24. The van der Waals surface area contributed by atoms with E-state index in [-0.39, 0.29) is 12.0 Å². The van der Waals surface area contributed by atoms with Crippen LogP contribution in [0.25, 0.3) is 6.08 Å². The molecule has 0 spiro atoms. The van der Waals surface area contributed by atoms with Crippen LogP contribution in [0.2, 0.25) is 0 Å². The van der Waals surface area contributed by atoms with Gasteiger partial charge in [-0.15, -0.1) is 0 Å². The third-order valence-corrected chi connectivity index (χ3v) is 2.73. The smallest absolute Gasteiger partial charge is 0.0578 e. The molecule has 0 radical (unpaired) electrons. The van der Waals surface area contributed by atoms with Crippen LogP contribution in [0.4, 0.5) is 0 Å². The van der Waals surface area contributed by atoms with Gasteiger partial charge in [0.1, 0.15) is 0 Å². The van der Waals surface area contributed by atoms with Crippen molar-refractivity contribution < 1.29 is 5.11 Å². The molecule has 1 aromatic rings. The van der Waals surface area contributed by atoms with Crippen LogP contribution >= 0.6 is 0 Å². The standard InChI is InChI=1S/C12H17NO/c1-5-11-6-13-7-12(9(11)3)8(2)10(4)14/h5-8,10,14H,1H2,2-4H3. The fourth-order valence-corrected chi connectivity index (χ4v) is 1.48. The lowest BCUT2D eigenvalue weighted by molar-refractivity contribution is 0.168. The molecule has 1 aromatic heterocycles. The highest BCUT2D eigenvalue weighted by Gasteiger charge is 2.14. The van der Waals surface area contributed by atoms with Crippen LogP contribution in [0.15, 0.2) is 19.0 Å². The third-order valence-electron chi connectivity index (χ3n) is 2.73. The second-order valence-electron chi connectivity index (χ2n) is 3.68. The summed E-state index contributed by atoms with van der Waals surface area (Å²) in [6, 6.07) is 0. The Bertz CT molecular complexity index is 331. The normalized spacial score (nSPS) is 14.9. The van der Waals surface area contributed by atoms with E-state index in [2.05, 4.69) is 11.6 Å². The zero-order valence-corrected chi connectivity index (χ0v) is 8.99. The maximum atomic E-state index is 9.51. The number of nitrogens with zero attached hydrogens (tertiary/aromatic N) is 1. The molecule has 0 saturated carbocycles. The number of hydrogen-bond acceptors (Lipinski definition) is 2. The average molecular weight is 191 g/mol. The van der Waals surface area contributed by atoms with Crippen molar-refractivity contribution in [2.45, 2.75) is 32.8 Å². The van der Waals surface area contributed by atoms with Crippen LogP contribution in [0.3, 0.4) is 0 Å². The first kappa shape index (κ1) is 10.9. The second-order valence-corrected chi connectivity index (χ2v) is 3.68. The minimum absolute atomic E-state index is 0.113. The van der Waals surface area contributed by atoms with Gasteiger partial charge >= 0.3 is 0 Å². The third kappa shape index (κ3) is 2.02. The summed E-state index contributed by atoms with van der Waals surface area (Å²) < 4.78 is 0. The van der Waals surface area contributed by atoms with Gasteiger partial charge in [-0.1, -0.05) is 19.6 Å². The van der Waals surface area contributed by atoms with Crippen LogP contribution in [0, 0.1) is 6.92 Å². The van der Waals surface area contributed by atoms with Gasteiger partial charge in [0.05, 0.1) is 6.10 Å². The lowest BCUT2D eigenvalue weighted by atomic mass is 9.92. The van der Waals surface area contributed by atoms with E-state index in [4.69, 9.17) is 0 Å². The van der Waals surface area contributed by atoms with Gasteiger partial charge in [0.15, 0.2) is 0 Å². The Hall–Kier alpha value is -1.15. The molecule has 1 rings (SSSR count). The molecule has 0 aromatic carbocycles. The van der Waals surface area contributed by atoms with E-state index in [9.17, 15) is 5.11 Å². The van der Waals surface area contributed by atoms with Crippen molar-refractivity contribution in [1.82, 2.24) is 4.98 Å². The zero-order chi connectivity index (χ0) is 10.7. The molecule has 1 heterocycles. The molecule has 2 unspecified atom stereocenters. The van der Waals surface area contributed by atoms with Gasteiger partial charge in [0.2, 0.25) is 0 Å². The first-order valence-corrected chi connectivity index (χ1v) is 4.83. The van der Waals surface area contributed by atoms with Crippen molar-refractivity contribution in [2.75, 3.05) is 0 Å². The summed E-state index contributed by atoms with van der Waals surface area (Å²) in [7, 11) is 0. The van der Waals surface area contributed by atoms with Crippen molar-refractivity contribution in [3.63, 3.8) is 0 Å². The van der Waals surface area contributed by atoms with Crippen LogP contribution < -0.4 is 0 Å². The minimum atomic E-state index is -0.351. The molecular weight excluding hydrogens is 174 g/mol. The number of hydrogen-bond donors (Lipinski definition) is 1.